The molecule has 1 fully saturated rings. The standard InChI is InChI=1S/C55H62N4O15/c1-3-28-71-55-51(57(24-29-70-30-27-62)52(64)23-14-37-10-15-41(16-11-37)58(65)66)34-48(56-72-36-38-12-17-42(18-13-38)59(67)68)46-32-39(8-4-6-25-60)45(9-5-7-26-61)53(54(46)55)47-33-44(20-22-50(47)74-55)73-43-19-21-49(69-2)40(31-43)35-63/h3,10-23,31-33,35,39,45,51,53-54,60-62H,1,4-9,24-30,34,36H2,2H3. The van der Waals surface area contributed by atoms with Crippen LogP contribution in [0.2, 0.25) is 0 Å². The fourth-order valence-electron chi connectivity index (χ4n) is 10.3. The maximum absolute atomic E-state index is 15.0. The number of rotatable bonds is 28. The van der Waals surface area contributed by atoms with Gasteiger partial charge in [-0.1, -0.05) is 30.1 Å². The topological polar surface area (TPSA) is 252 Å². The molecule has 0 bridgehead atoms. The molecule has 6 unspecified atom stereocenters. The summed E-state index contributed by atoms with van der Waals surface area (Å²) >= 11 is 0. The van der Waals surface area contributed by atoms with Gasteiger partial charge in [0.2, 0.25) is 11.7 Å². The van der Waals surface area contributed by atoms with E-state index < -0.39 is 39.4 Å². The molecule has 7 rings (SSSR count). The van der Waals surface area contributed by atoms with Gasteiger partial charge in [-0.15, -0.1) is 6.58 Å². The summed E-state index contributed by atoms with van der Waals surface area (Å²) in [7, 11) is 1.47. The molecular weight excluding hydrogens is 957 g/mol. The van der Waals surface area contributed by atoms with Crippen LogP contribution in [-0.4, -0.2) is 113 Å². The Bertz CT molecular complexity index is 2690. The Morgan fingerprint density at radius 2 is 1.58 bits per heavy atom. The quantitative estimate of drug-likeness (QED) is 0.0120. The average molecular weight is 1020 g/mol. The number of non-ortho nitro benzene ring substituents is 2. The molecular formula is C55H62N4O15. The fraction of sp³-hybridized carbons (Fsp3) is 0.400. The van der Waals surface area contributed by atoms with Gasteiger partial charge in [0, 0.05) is 68.0 Å². The zero-order valence-corrected chi connectivity index (χ0v) is 41.2. The van der Waals surface area contributed by atoms with Crippen molar-refractivity contribution in [3.63, 3.8) is 0 Å². The molecule has 6 atom stereocenters. The van der Waals surface area contributed by atoms with Crippen molar-refractivity contribution >= 4 is 35.4 Å². The van der Waals surface area contributed by atoms with Gasteiger partial charge < -0.3 is 48.7 Å². The van der Waals surface area contributed by atoms with Crippen molar-refractivity contribution in [3.8, 4) is 23.0 Å². The van der Waals surface area contributed by atoms with Crippen molar-refractivity contribution in [2.24, 2.45) is 22.9 Å². The monoisotopic (exact) mass is 1020 g/mol. The van der Waals surface area contributed by atoms with Gasteiger partial charge in [-0.25, -0.2) is 0 Å². The number of carbonyl (C=O) groups excluding carboxylic acids is 2. The molecule has 1 saturated carbocycles. The number of hydrogen-bond donors (Lipinski definition) is 3. The number of fused-ring (bicyclic) bond motifs is 2. The van der Waals surface area contributed by atoms with E-state index in [9.17, 15) is 40.3 Å². The zero-order chi connectivity index (χ0) is 52.6. The Morgan fingerprint density at radius 3 is 2.24 bits per heavy atom. The normalized spacial score (nSPS) is 21.2. The lowest BCUT2D eigenvalue weighted by atomic mass is 9.55. The molecule has 3 aliphatic rings. The third kappa shape index (κ3) is 12.7. The van der Waals surface area contributed by atoms with Crippen molar-refractivity contribution < 1.29 is 63.3 Å². The number of methoxy groups -OCH3 is 1. The first-order valence-corrected chi connectivity index (χ1v) is 24.7. The third-order valence-electron chi connectivity index (χ3n) is 13.7. The predicted molar refractivity (Wildman–Crippen MR) is 273 cm³/mol. The van der Waals surface area contributed by atoms with E-state index in [1.807, 2.05) is 6.07 Å². The summed E-state index contributed by atoms with van der Waals surface area (Å²) < 4.78 is 32.1. The highest BCUT2D eigenvalue weighted by atomic mass is 16.7. The van der Waals surface area contributed by atoms with Crippen LogP contribution in [0.15, 0.2) is 120 Å². The molecule has 0 radical (unpaired) electrons. The van der Waals surface area contributed by atoms with Crippen molar-refractivity contribution in [1.29, 1.82) is 0 Å². The number of amides is 1. The van der Waals surface area contributed by atoms with Gasteiger partial charge in [-0.05, 0) is 121 Å². The van der Waals surface area contributed by atoms with E-state index in [2.05, 4.69) is 12.7 Å². The average Bonchev–Trinajstić information content (AvgIpc) is 3.41. The van der Waals surface area contributed by atoms with Gasteiger partial charge in [-0.2, -0.15) is 0 Å². The van der Waals surface area contributed by atoms with Gasteiger partial charge in [0.15, 0.2) is 6.29 Å². The highest BCUT2D eigenvalue weighted by Gasteiger charge is 2.65. The van der Waals surface area contributed by atoms with E-state index in [-0.39, 0.29) is 82.4 Å². The summed E-state index contributed by atoms with van der Waals surface area (Å²) in [5.74, 6) is -1.87. The lowest BCUT2D eigenvalue weighted by Gasteiger charge is -2.60. The number of hydrogen-bond acceptors (Lipinski definition) is 16. The van der Waals surface area contributed by atoms with E-state index in [1.165, 1.54) is 49.6 Å². The summed E-state index contributed by atoms with van der Waals surface area (Å²) in [6, 6.07) is 21.1. The van der Waals surface area contributed by atoms with Gasteiger partial charge in [-0.3, -0.25) is 29.8 Å². The van der Waals surface area contributed by atoms with Gasteiger partial charge >= 0.3 is 0 Å². The Labute approximate surface area is 428 Å². The number of allylic oxidation sites excluding steroid dienone is 1. The van der Waals surface area contributed by atoms with Crippen molar-refractivity contribution in [3.05, 3.63) is 158 Å². The number of ether oxygens (including phenoxy) is 5. The molecule has 1 heterocycles. The molecule has 1 amide bonds. The van der Waals surface area contributed by atoms with Gasteiger partial charge in [0.25, 0.3) is 11.4 Å². The van der Waals surface area contributed by atoms with Crippen LogP contribution in [0.3, 0.4) is 0 Å². The van der Waals surface area contributed by atoms with Crippen molar-refractivity contribution in [1.82, 2.24) is 4.90 Å². The SMILES string of the molecule is C=CCOC12Oc3ccc(Oc4ccc(OC)c(C=O)c4)cc3C3C(CCCCO)C(CCCCO)C=C(C(=NOCc4ccc([N+](=O)[O-])cc4)CC1N(CCOCCO)C(=O)C=Cc1ccc([N+](=O)[O-])cc1)C32. The fourth-order valence-corrected chi connectivity index (χ4v) is 10.3. The van der Waals surface area contributed by atoms with Crippen LogP contribution >= 0.6 is 0 Å². The van der Waals surface area contributed by atoms with Crippen LogP contribution in [0.25, 0.3) is 6.08 Å². The van der Waals surface area contributed by atoms with E-state index in [4.69, 9.17) is 33.7 Å². The molecule has 0 spiro atoms. The maximum Gasteiger partial charge on any atom is 0.269 e. The van der Waals surface area contributed by atoms with E-state index in [1.54, 1.807) is 59.5 Å². The Kier molecular flexibility index (Phi) is 19.2. The van der Waals surface area contributed by atoms with Crippen LogP contribution in [0, 0.1) is 38.0 Å². The number of nitro groups is 2. The number of oxime groups is 1. The second kappa shape index (κ2) is 26.1. The predicted octanol–water partition coefficient (Wildman–Crippen LogP) is 8.50. The van der Waals surface area contributed by atoms with E-state index >= 15 is 4.79 Å². The molecule has 4 aromatic rings. The number of unbranched alkanes of at least 4 members (excludes halogenated alkanes) is 2. The van der Waals surface area contributed by atoms with E-state index in [0.717, 1.165) is 11.1 Å². The highest BCUT2D eigenvalue weighted by molar-refractivity contribution is 6.03. The minimum Gasteiger partial charge on any atom is -0.496 e. The van der Waals surface area contributed by atoms with Crippen LogP contribution in [0.5, 0.6) is 23.0 Å². The summed E-state index contributed by atoms with van der Waals surface area (Å²) in [5, 5.41) is 57.5. The smallest absolute Gasteiger partial charge is 0.269 e. The second-order valence-corrected chi connectivity index (χ2v) is 18.1. The number of carbonyl (C=O) groups is 2. The number of aliphatic hydroxyl groups excluding tert-OH is 3. The zero-order valence-electron chi connectivity index (χ0n) is 41.2. The lowest BCUT2D eigenvalue weighted by molar-refractivity contribution is -0.385. The number of aliphatic hydroxyl groups is 3. The van der Waals surface area contributed by atoms with Crippen molar-refractivity contribution in [2.45, 2.75) is 69.3 Å². The van der Waals surface area contributed by atoms with Crippen molar-refractivity contribution in [2.75, 3.05) is 53.3 Å². The molecule has 19 nitrogen and oxygen atoms in total. The Balaban J connectivity index is 1.43. The summed E-state index contributed by atoms with van der Waals surface area (Å²) in [4.78, 5) is 56.7. The molecule has 3 N–H and O–H groups in total. The lowest BCUT2D eigenvalue weighted by Crippen LogP contribution is -2.70. The molecule has 0 saturated heterocycles. The highest BCUT2D eigenvalue weighted by Crippen LogP contribution is 2.62. The molecule has 392 valence electrons. The first-order valence-electron chi connectivity index (χ1n) is 24.7. The number of nitrogens with zero attached hydrogens (tertiary/aromatic N) is 4. The maximum atomic E-state index is 15.0. The summed E-state index contributed by atoms with van der Waals surface area (Å²) in [5.41, 5.74) is 3.25. The largest absolute Gasteiger partial charge is 0.496 e. The molecule has 19 heteroatoms. The van der Waals surface area contributed by atoms with Crippen LogP contribution < -0.4 is 14.2 Å². The van der Waals surface area contributed by atoms with Gasteiger partial charge in [0.1, 0.15) is 35.6 Å². The number of aldehydes is 1. The second-order valence-electron chi connectivity index (χ2n) is 18.1. The number of nitro benzene ring substituents is 2. The first kappa shape index (κ1) is 54.5. The van der Waals surface area contributed by atoms with Crippen LogP contribution in [-0.2, 0) is 25.7 Å². The first-order chi connectivity index (χ1) is 36.0. The van der Waals surface area contributed by atoms with Crippen LogP contribution in [0.1, 0.15) is 77.9 Å². The Morgan fingerprint density at radius 1 is 0.892 bits per heavy atom. The van der Waals surface area contributed by atoms with E-state index in [0.29, 0.717) is 90.2 Å². The van der Waals surface area contributed by atoms with Crippen LogP contribution in [0.4, 0.5) is 11.4 Å². The molecule has 0 aromatic heterocycles. The molecule has 4 aromatic carbocycles. The third-order valence-corrected chi connectivity index (χ3v) is 13.7. The minimum atomic E-state index is -1.66. The number of benzene rings is 4. The molecule has 74 heavy (non-hydrogen) atoms. The molecule has 1 aliphatic heterocycles. The summed E-state index contributed by atoms with van der Waals surface area (Å²) in [6.45, 7) is 3.64. The summed E-state index contributed by atoms with van der Waals surface area (Å²) in [6.07, 6.45) is 11.2. The minimum absolute atomic E-state index is 0.00132. The Hall–Kier alpha value is -7.29. The molecule has 2 aliphatic carbocycles. The van der Waals surface area contributed by atoms with Gasteiger partial charge in [0.05, 0.1) is 60.6 Å².